The van der Waals surface area contributed by atoms with Gasteiger partial charge in [0.15, 0.2) is 5.65 Å². The minimum absolute atomic E-state index is 0.0305. The van der Waals surface area contributed by atoms with E-state index in [1.165, 1.54) is 6.42 Å². The number of carbonyl (C=O) groups is 1. The normalized spacial score (nSPS) is 16.2. The van der Waals surface area contributed by atoms with Gasteiger partial charge in [-0.25, -0.2) is 9.50 Å². The van der Waals surface area contributed by atoms with E-state index < -0.39 is 0 Å². The van der Waals surface area contributed by atoms with Gasteiger partial charge in [-0.15, -0.1) is 0 Å². The first kappa shape index (κ1) is 11.2. The molecule has 3 heterocycles. The lowest BCUT2D eigenvalue weighted by atomic mass is 10.1. The van der Waals surface area contributed by atoms with E-state index in [1.54, 1.807) is 10.6 Å². The van der Waals surface area contributed by atoms with Crippen LogP contribution in [0.25, 0.3) is 5.65 Å². The van der Waals surface area contributed by atoms with Crippen molar-refractivity contribution < 1.29 is 4.79 Å². The van der Waals surface area contributed by atoms with Crippen molar-refractivity contribution in [2.45, 2.75) is 26.2 Å². The molecule has 0 bridgehead atoms. The molecule has 94 valence electrons. The largest absolute Gasteiger partial charge is 0.337 e. The van der Waals surface area contributed by atoms with E-state index >= 15 is 0 Å². The summed E-state index contributed by atoms with van der Waals surface area (Å²) in [4.78, 5) is 18.5. The summed E-state index contributed by atoms with van der Waals surface area (Å²) in [7, 11) is 0. The molecular formula is C13H16N4O. The standard InChI is InChI=1S/C13H16N4O/c1-10-9-17-12(14-10)6-5-11(15-17)13(18)16-7-3-2-4-8-16/h5-6,9H,2-4,7-8H2,1H3. The van der Waals surface area contributed by atoms with Crippen molar-refractivity contribution in [1.82, 2.24) is 19.5 Å². The van der Waals surface area contributed by atoms with Crippen LogP contribution in [0, 0.1) is 6.92 Å². The number of fused-ring (bicyclic) bond motifs is 1. The monoisotopic (exact) mass is 244 g/mol. The molecule has 1 aliphatic heterocycles. The van der Waals surface area contributed by atoms with Crippen LogP contribution in [0.3, 0.4) is 0 Å². The minimum Gasteiger partial charge on any atom is -0.337 e. The second kappa shape index (κ2) is 4.40. The van der Waals surface area contributed by atoms with Gasteiger partial charge in [0.2, 0.25) is 0 Å². The third kappa shape index (κ3) is 1.96. The Morgan fingerprint density at radius 2 is 2.00 bits per heavy atom. The van der Waals surface area contributed by atoms with Crippen LogP contribution in [0.2, 0.25) is 0 Å². The smallest absolute Gasteiger partial charge is 0.274 e. The molecule has 0 unspecified atom stereocenters. The molecule has 1 saturated heterocycles. The predicted octanol–water partition coefficient (Wildman–Crippen LogP) is 1.66. The van der Waals surface area contributed by atoms with Gasteiger partial charge in [0.1, 0.15) is 5.69 Å². The van der Waals surface area contributed by atoms with Gasteiger partial charge in [-0.2, -0.15) is 5.10 Å². The Labute approximate surface area is 105 Å². The Balaban J connectivity index is 1.90. The first-order valence-corrected chi connectivity index (χ1v) is 6.36. The molecule has 0 N–H and O–H groups in total. The SMILES string of the molecule is Cc1cn2nc(C(=O)N3CCCCC3)ccc2n1. The number of rotatable bonds is 1. The third-order valence-corrected chi connectivity index (χ3v) is 3.30. The van der Waals surface area contributed by atoms with E-state index in [9.17, 15) is 4.79 Å². The van der Waals surface area contributed by atoms with Gasteiger partial charge < -0.3 is 4.90 Å². The molecule has 1 aliphatic rings. The lowest BCUT2D eigenvalue weighted by molar-refractivity contribution is 0.0717. The number of amides is 1. The van der Waals surface area contributed by atoms with Crippen LogP contribution in [0.1, 0.15) is 35.4 Å². The van der Waals surface area contributed by atoms with Crippen LogP contribution in [-0.4, -0.2) is 38.5 Å². The zero-order valence-electron chi connectivity index (χ0n) is 10.5. The number of aromatic nitrogens is 3. The molecule has 0 saturated carbocycles. The highest BCUT2D eigenvalue weighted by molar-refractivity contribution is 5.92. The molecule has 0 aromatic carbocycles. The number of nitrogens with zero attached hydrogens (tertiary/aromatic N) is 4. The average molecular weight is 244 g/mol. The highest BCUT2D eigenvalue weighted by atomic mass is 16.2. The summed E-state index contributed by atoms with van der Waals surface area (Å²) < 4.78 is 1.67. The van der Waals surface area contributed by atoms with Crippen LogP contribution in [0.15, 0.2) is 18.3 Å². The molecule has 0 aliphatic carbocycles. The summed E-state index contributed by atoms with van der Waals surface area (Å²) in [6.07, 6.45) is 5.25. The van der Waals surface area contributed by atoms with Gasteiger partial charge in [-0.05, 0) is 38.3 Å². The van der Waals surface area contributed by atoms with Crippen molar-refractivity contribution >= 4 is 11.6 Å². The zero-order valence-corrected chi connectivity index (χ0v) is 10.5. The highest BCUT2D eigenvalue weighted by Gasteiger charge is 2.19. The fraction of sp³-hybridized carbons (Fsp3) is 0.462. The molecule has 3 rings (SSSR count). The van der Waals surface area contributed by atoms with Crippen LogP contribution in [-0.2, 0) is 0 Å². The average Bonchev–Trinajstić information content (AvgIpc) is 2.78. The van der Waals surface area contributed by atoms with Gasteiger partial charge in [0.25, 0.3) is 5.91 Å². The molecule has 0 spiro atoms. The Kier molecular flexibility index (Phi) is 2.74. The summed E-state index contributed by atoms with van der Waals surface area (Å²) in [6, 6.07) is 3.61. The maximum atomic E-state index is 12.3. The summed E-state index contributed by atoms with van der Waals surface area (Å²) in [5.74, 6) is 0.0305. The minimum atomic E-state index is 0.0305. The second-order valence-corrected chi connectivity index (χ2v) is 4.76. The Morgan fingerprint density at radius 1 is 1.22 bits per heavy atom. The number of likely N-dealkylation sites (tertiary alicyclic amines) is 1. The van der Waals surface area contributed by atoms with Crippen molar-refractivity contribution in [2.75, 3.05) is 13.1 Å². The molecule has 2 aromatic rings. The number of hydrogen-bond acceptors (Lipinski definition) is 3. The van der Waals surface area contributed by atoms with Crippen LogP contribution in [0.5, 0.6) is 0 Å². The predicted molar refractivity (Wildman–Crippen MR) is 67.5 cm³/mol. The molecule has 0 atom stereocenters. The van der Waals surface area contributed by atoms with E-state index in [0.717, 1.165) is 37.3 Å². The van der Waals surface area contributed by atoms with Crippen molar-refractivity contribution in [2.24, 2.45) is 0 Å². The molecule has 2 aromatic heterocycles. The van der Waals surface area contributed by atoms with Crippen molar-refractivity contribution in [3.05, 3.63) is 29.7 Å². The summed E-state index contributed by atoms with van der Waals surface area (Å²) in [5, 5.41) is 4.33. The molecular weight excluding hydrogens is 228 g/mol. The Morgan fingerprint density at radius 3 is 2.78 bits per heavy atom. The topological polar surface area (TPSA) is 50.5 Å². The maximum Gasteiger partial charge on any atom is 0.274 e. The number of carbonyl (C=O) groups excluding carboxylic acids is 1. The van der Waals surface area contributed by atoms with Gasteiger partial charge in [-0.1, -0.05) is 0 Å². The first-order valence-electron chi connectivity index (χ1n) is 6.36. The van der Waals surface area contributed by atoms with E-state index in [2.05, 4.69) is 10.1 Å². The van der Waals surface area contributed by atoms with E-state index in [1.807, 2.05) is 24.1 Å². The van der Waals surface area contributed by atoms with Crippen LogP contribution in [0.4, 0.5) is 0 Å². The first-order chi connectivity index (χ1) is 8.74. The van der Waals surface area contributed by atoms with Gasteiger partial charge in [-0.3, -0.25) is 4.79 Å². The maximum absolute atomic E-state index is 12.3. The lowest BCUT2D eigenvalue weighted by Gasteiger charge is -2.26. The van der Waals surface area contributed by atoms with E-state index in [0.29, 0.717) is 5.69 Å². The highest BCUT2D eigenvalue weighted by Crippen LogP contribution is 2.12. The van der Waals surface area contributed by atoms with Crippen molar-refractivity contribution in [3.63, 3.8) is 0 Å². The number of piperidine rings is 1. The van der Waals surface area contributed by atoms with Gasteiger partial charge >= 0.3 is 0 Å². The van der Waals surface area contributed by atoms with E-state index in [-0.39, 0.29) is 5.91 Å². The van der Waals surface area contributed by atoms with Gasteiger partial charge in [0, 0.05) is 13.1 Å². The lowest BCUT2D eigenvalue weighted by Crippen LogP contribution is -2.36. The number of hydrogen-bond donors (Lipinski definition) is 0. The van der Waals surface area contributed by atoms with Gasteiger partial charge in [0.05, 0.1) is 11.9 Å². The zero-order chi connectivity index (χ0) is 12.5. The molecule has 0 radical (unpaired) electrons. The number of imidazole rings is 1. The van der Waals surface area contributed by atoms with E-state index in [4.69, 9.17) is 0 Å². The second-order valence-electron chi connectivity index (χ2n) is 4.76. The Bertz CT molecular complexity index is 584. The molecule has 5 nitrogen and oxygen atoms in total. The molecule has 1 amide bonds. The van der Waals surface area contributed by atoms with Crippen LogP contribution >= 0.6 is 0 Å². The molecule has 5 heteroatoms. The Hall–Kier alpha value is -1.91. The van der Waals surface area contributed by atoms with Crippen molar-refractivity contribution in [3.8, 4) is 0 Å². The third-order valence-electron chi connectivity index (χ3n) is 3.30. The fourth-order valence-corrected chi connectivity index (χ4v) is 2.37. The summed E-state index contributed by atoms with van der Waals surface area (Å²) >= 11 is 0. The summed E-state index contributed by atoms with van der Waals surface area (Å²) in [6.45, 7) is 3.61. The molecule has 1 fully saturated rings. The number of aryl methyl sites for hydroxylation is 1. The van der Waals surface area contributed by atoms with Crippen LogP contribution < -0.4 is 0 Å². The van der Waals surface area contributed by atoms with Crippen molar-refractivity contribution in [1.29, 1.82) is 0 Å². The fourth-order valence-electron chi connectivity index (χ4n) is 2.37. The molecule has 18 heavy (non-hydrogen) atoms. The quantitative estimate of drug-likeness (QED) is 0.766. The summed E-state index contributed by atoms with van der Waals surface area (Å²) in [5.41, 5.74) is 2.19.